The fourth-order valence-electron chi connectivity index (χ4n) is 2.50. The molecule has 5 heteroatoms. The molecule has 0 bridgehead atoms. The van der Waals surface area contributed by atoms with Gasteiger partial charge in [-0.15, -0.1) is 0 Å². The Kier molecular flexibility index (Phi) is 5.44. The summed E-state index contributed by atoms with van der Waals surface area (Å²) < 4.78 is 7.53. The van der Waals surface area contributed by atoms with Gasteiger partial charge in [0.1, 0.15) is 0 Å². The van der Waals surface area contributed by atoms with Crippen LogP contribution in [0.3, 0.4) is 0 Å². The SMILES string of the molecule is Cc1nn(C)c(C)c1C(=O)NCc1cccc(COC(C)(C)C)c1. The number of amides is 1. The van der Waals surface area contributed by atoms with Crippen LogP contribution in [-0.4, -0.2) is 21.3 Å². The molecule has 1 aromatic carbocycles. The number of hydrogen-bond acceptors (Lipinski definition) is 3. The minimum Gasteiger partial charge on any atom is -0.371 e. The zero-order chi connectivity index (χ0) is 17.9. The first-order chi connectivity index (χ1) is 11.2. The van der Waals surface area contributed by atoms with Gasteiger partial charge in [-0.25, -0.2) is 0 Å². The molecular formula is C19H27N3O2. The molecule has 0 spiro atoms. The molecule has 0 unspecified atom stereocenters. The van der Waals surface area contributed by atoms with Crippen molar-refractivity contribution >= 4 is 5.91 Å². The van der Waals surface area contributed by atoms with E-state index in [1.807, 2.05) is 59.9 Å². The van der Waals surface area contributed by atoms with Crippen molar-refractivity contribution in [2.75, 3.05) is 0 Å². The highest BCUT2D eigenvalue weighted by Gasteiger charge is 2.17. The average molecular weight is 329 g/mol. The number of carbonyl (C=O) groups is 1. The third-order valence-corrected chi connectivity index (χ3v) is 3.85. The number of benzene rings is 1. The minimum absolute atomic E-state index is 0.0885. The monoisotopic (exact) mass is 329 g/mol. The Bertz CT molecular complexity index is 727. The lowest BCUT2D eigenvalue weighted by Crippen LogP contribution is -2.24. The number of aryl methyl sites for hydroxylation is 2. The number of aromatic nitrogens is 2. The zero-order valence-electron chi connectivity index (χ0n) is 15.4. The summed E-state index contributed by atoms with van der Waals surface area (Å²) in [5, 5.41) is 7.26. The van der Waals surface area contributed by atoms with Crippen molar-refractivity contribution in [3.63, 3.8) is 0 Å². The highest BCUT2D eigenvalue weighted by atomic mass is 16.5. The Hall–Kier alpha value is -2.14. The molecule has 5 nitrogen and oxygen atoms in total. The van der Waals surface area contributed by atoms with Crippen LogP contribution in [0.5, 0.6) is 0 Å². The molecule has 0 radical (unpaired) electrons. The first-order valence-electron chi connectivity index (χ1n) is 8.17. The second-order valence-corrected chi connectivity index (χ2v) is 7.07. The topological polar surface area (TPSA) is 56.2 Å². The molecule has 1 amide bonds. The molecule has 0 aliphatic rings. The first kappa shape index (κ1) is 18.2. The summed E-state index contributed by atoms with van der Waals surface area (Å²) in [6, 6.07) is 8.09. The van der Waals surface area contributed by atoms with Crippen LogP contribution in [0.4, 0.5) is 0 Å². The molecule has 2 aromatic rings. The van der Waals surface area contributed by atoms with Crippen molar-refractivity contribution in [1.82, 2.24) is 15.1 Å². The van der Waals surface area contributed by atoms with E-state index in [2.05, 4.69) is 16.5 Å². The first-order valence-corrected chi connectivity index (χ1v) is 8.17. The van der Waals surface area contributed by atoms with Crippen LogP contribution in [0.1, 0.15) is 53.6 Å². The molecule has 24 heavy (non-hydrogen) atoms. The molecule has 1 heterocycles. The summed E-state index contributed by atoms with van der Waals surface area (Å²) in [5.74, 6) is -0.0885. The summed E-state index contributed by atoms with van der Waals surface area (Å²) >= 11 is 0. The van der Waals surface area contributed by atoms with Gasteiger partial charge in [0.15, 0.2) is 0 Å². The van der Waals surface area contributed by atoms with E-state index in [4.69, 9.17) is 4.74 Å². The van der Waals surface area contributed by atoms with Crippen LogP contribution < -0.4 is 5.32 Å². The Balaban J connectivity index is 2.00. The normalized spacial score (nSPS) is 11.6. The third kappa shape index (κ3) is 4.68. The third-order valence-electron chi connectivity index (χ3n) is 3.85. The Morgan fingerprint density at radius 3 is 2.50 bits per heavy atom. The molecule has 1 aromatic heterocycles. The predicted octanol–water partition coefficient (Wildman–Crippen LogP) is 3.28. The van der Waals surface area contributed by atoms with E-state index in [0.717, 1.165) is 22.5 Å². The number of carbonyl (C=O) groups excluding carboxylic acids is 1. The summed E-state index contributed by atoms with van der Waals surface area (Å²) in [5.41, 5.74) is 4.27. The standard InChI is InChI=1S/C19H27N3O2/c1-13-17(14(2)22(6)21-13)18(23)20-11-15-8-7-9-16(10-15)12-24-19(3,4)5/h7-10H,11-12H2,1-6H3,(H,20,23). The maximum absolute atomic E-state index is 12.4. The van der Waals surface area contributed by atoms with Crippen molar-refractivity contribution in [2.24, 2.45) is 7.05 Å². The number of rotatable bonds is 5. The smallest absolute Gasteiger partial charge is 0.255 e. The Morgan fingerprint density at radius 1 is 1.25 bits per heavy atom. The largest absolute Gasteiger partial charge is 0.371 e. The summed E-state index contributed by atoms with van der Waals surface area (Å²) in [6.45, 7) is 10.9. The van der Waals surface area contributed by atoms with Gasteiger partial charge in [0.25, 0.3) is 5.91 Å². The van der Waals surface area contributed by atoms with Crippen molar-refractivity contribution in [2.45, 2.75) is 53.4 Å². The highest BCUT2D eigenvalue weighted by Crippen LogP contribution is 2.14. The van der Waals surface area contributed by atoms with Crippen LogP contribution in [-0.2, 0) is 24.9 Å². The molecule has 0 aliphatic carbocycles. The van der Waals surface area contributed by atoms with Crippen molar-refractivity contribution in [3.8, 4) is 0 Å². The number of ether oxygens (including phenoxy) is 1. The lowest BCUT2D eigenvalue weighted by Gasteiger charge is -2.19. The summed E-state index contributed by atoms with van der Waals surface area (Å²) in [6.07, 6.45) is 0. The van der Waals surface area contributed by atoms with Gasteiger partial charge in [-0.1, -0.05) is 24.3 Å². The van der Waals surface area contributed by atoms with Crippen molar-refractivity contribution in [1.29, 1.82) is 0 Å². The maximum Gasteiger partial charge on any atom is 0.255 e. The van der Waals surface area contributed by atoms with Gasteiger partial charge in [0.2, 0.25) is 0 Å². The lowest BCUT2D eigenvalue weighted by molar-refractivity contribution is -0.0149. The van der Waals surface area contributed by atoms with Gasteiger partial charge >= 0.3 is 0 Å². The van der Waals surface area contributed by atoms with Crippen LogP contribution in [0.2, 0.25) is 0 Å². The maximum atomic E-state index is 12.4. The van der Waals surface area contributed by atoms with Gasteiger partial charge in [0.05, 0.1) is 23.5 Å². The molecule has 1 N–H and O–H groups in total. The highest BCUT2D eigenvalue weighted by molar-refractivity contribution is 5.96. The van der Waals surface area contributed by atoms with Crippen LogP contribution in [0.15, 0.2) is 24.3 Å². The van der Waals surface area contributed by atoms with E-state index >= 15 is 0 Å². The van der Waals surface area contributed by atoms with E-state index in [9.17, 15) is 4.79 Å². The molecule has 0 saturated carbocycles. The van der Waals surface area contributed by atoms with Crippen molar-refractivity contribution in [3.05, 3.63) is 52.3 Å². The van der Waals surface area contributed by atoms with Gasteiger partial charge in [-0.05, 0) is 45.7 Å². The molecule has 2 rings (SSSR count). The Morgan fingerprint density at radius 2 is 1.92 bits per heavy atom. The van der Waals surface area contributed by atoms with Gasteiger partial charge in [-0.3, -0.25) is 9.48 Å². The van der Waals surface area contributed by atoms with Crippen LogP contribution >= 0.6 is 0 Å². The van der Waals surface area contributed by atoms with E-state index in [0.29, 0.717) is 18.7 Å². The number of nitrogens with zero attached hydrogens (tertiary/aromatic N) is 2. The zero-order valence-corrected chi connectivity index (χ0v) is 15.4. The predicted molar refractivity (Wildman–Crippen MR) is 94.8 cm³/mol. The van der Waals surface area contributed by atoms with E-state index < -0.39 is 0 Å². The summed E-state index contributed by atoms with van der Waals surface area (Å²) in [4.78, 5) is 12.4. The van der Waals surface area contributed by atoms with Crippen LogP contribution in [0.25, 0.3) is 0 Å². The van der Waals surface area contributed by atoms with Crippen LogP contribution in [0, 0.1) is 13.8 Å². The molecule has 0 atom stereocenters. The summed E-state index contributed by atoms with van der Waals surface area (Å²) in [7, 11) is 1.85. The molecule has 0 fully saturated rings. The number of nitrogens with one attached hydrogen (secondary N) is 1. The molecular weight excluding hydrogens is 302 g/mol. The van der Waals surface area contributed by atoms with E-state index in [1.54, 1.807) is 4.68 Å². The average Bonchev–Trinajstić information content (AvgIpc) is 2.75. The molecule has 0 aliphatic heterocycles. The second kappa shape index (κ2) is 7.18. The number of hydrogen-bond donors (Lipinski definition) is 1. The quantitative estimate of drug-likeness (QED) is 0.916. The van der Waals surface area contributed by atoms with Gasteiger partial charge < -0.3 is 10.1 Å². The van der Waals surface area contributed by atoms with E-state index in [-0.39, 0.29) is 11.5 Å². The Labute approximate surface area is 144 Å². The lowest BCUT2D eigenvalue weighted by atomic mass is 10.1. The van der Waals surface area contributed by atoms with Crippen molar-refractivity contribution < 1.29 is 9.53 Å². The fourth-order valence-corrected chi connectivity index (χ4v) is 2.50. The van der Waals surface area contributed by atoms with Gasteiger partial charge in [0, 0.05) is 19.3 Å². The fraction of sp³-hybridized carbons (Fsp3) is 0.474. The van der Waals surface area contributed by atoms with E-state index in [1.165, 1.54) is 0 Å². The molecule has 130 valence electrons. The minimum atomic E-state index is -0.167. The second-order valence-electron chi connectivity index (χ2n) is 7.07. The van der Waals surface area contributed by atoms with Gasteiger partial charge in [-0.2, -0.15) is 5.10 Å². The molecule has 0 saturated heterocycles.